The van der Waals surface area contributed by atoms with Crippen molar-refractivity contribution in [3.8, 4) is 11.8 Å². The first-order chi connectivity index (χ1) is 12.7. The number of carbonyl (C=O) groups is 2. The molecule has 27 heavy (non-hydrogen) atoms. The highest BCUT2D eigenvalue weighted by molar-refractivity contribution is 8.24. The predicted molar refractivity (Wildman–Crippen MR) is 103 cm³/mol. The summed E-state index contributed by atoms with van der Waals surface area (Å²) >= 11 is 2.51. The Kier molecular flexibility index (Phi) is 6.98. The number of hydrogen-bond acceptors (Lipinski definition) is 8. The first-order valence-electron chi connectivity index (χ1n) is 8.40. The molecular formula is C19H21NO5S2. The molecule has 0 aliphatic carbocycles. The fraction of sp³-hybridized carbons (Fsp3) is 0.421. The molecule has 1 aliphatic rings. The van der Waals surface area contributed by atoms with E-state index in [0.717, 1.165) is 10.5 Å². The molecule has 1 N–H and O–H groups in total. The summed E-state index contributed by atoms with van der Waals surface area (Å²) in [5, 5.41) is 19.1. The Morgan fingerprint density at radius 3 is 2.52 bits per heavy atom. The lowest BCUT2D eigenvalue weighted by atomic mass is 10.1. The van der Waals surface area contributed by atoms with Crippen molar-refractivity contribution in [3.05, 3.63) is 27.5 Å². The minimum atomic E-state index is -0.956. The Morgan fingerprint density at radius 2 is 1.93 bits per heavy atom. The van der Waals surface area contributed by atoms with Crippen LogP contribution < -0.4 is 4.74 Å². The molecular weight excluding hydrogens is 386 g/mol. The van der Waals surface area contributed by atoms with E-state index in [4.69, 9.17) is 9.47 Å². The molecule has 1 heterocycles. The maximum Gasteiger partial charge on any atom is 0.350 e. The Labute approximate surface area is 166 Å². The van der Waals surface area contributed by atoms with Crippen LogP contribution in [0.1, 0.15) is 39.2 Å². The van der Waals surface area contributed by atoms with Gasteiger partial charge in [0.05, 0.1) is 21.3 Å². The van der Waals surface area contributed by atoms with Gasteiger partial charge in [-0.05, 0) is 32.4 Å². The van der Waals surface area contributed by atoms with Crippen LogP contribution in [0.15, 0.2) is 31.7 Å². The van der Waals surface area contributed by atoms with Gasteiger partial charge in [-0.3, -0.25) is 4.79 Å². The number of aryl methyl sites for hydroxylation is 1. The molecule has 0 atom stereocenters. The van der Waals surface area contributed by atoms with Crippen molar-refractivity contribution in [2.45, 2.75) is 55.9 Å². The Morgan fingerprint density at radius 1 is 1.26 bits per heavy atom. The lowest BCUT2D eigenvalue weighted by molar-refractivity contribution is -0.139. The van der Waals surface area contributed by atoms with Crippen molar-refractivity contribution in [2.24, 2.45) is 0 Å². The summed E-state index contributed by atoms with van der Waals surface area (Å²) in [5.74, 6) is -0.660. The van der Waals surface area contributed by atoms with Crippen molar-refractivity contribution >= 4 is 35.5 Å². The topological polar surface area (TPSA) is 96.6 Å². The number of thioether (sulfide) groups is 2. The Balaban J connectivity index is 2.24. The van der Waals surface area contributed by atoms with E-state index in [9.17, 15) is 20.0 Å². The van der Waals surface area contributed by atoms with Gasteiger partial charge in [-0.25, -0.2) is 4.79 Å². The van der Waals surface area contributed by atoms with Gasteiger partial charge in [0.2, 0.25) is 0 Å². The van der Waals surface area contributed by atoms with Crippen molar-refractivity contribution in [1.29, 1.82) is 5.26 Å². The highest BCUT2D eigenvalue weighted by Crippen LogP contribution is 2.56. The van der Waals surface area contributed by atoms with E-state index in [0.29, 0.717) is 14.9 Å². The number of benzene rings is 1. The van der Waals surface area contributed by atoms with Gasteiger partial charge < -0.3 is 14.6 Å². The van der Waals surface area contributed by atoms with E-state index in [1.807, 2.05) is 19.1 Å². The summed E-state index contributed by atoms with van der Waals surface area (Å²) in [7, 11) is 0. The average Bonchev–Trinajstić information content (AvgIpc) is 3.02. The van der Waals surface area contributed by atoms with Gasteiger partial charge in [0, 0.05) is 17.7 Å². The maximum absolute atomic E-state index is 12.3. The van der Waals surface area contributed by atoms with Crippen LogP contribution in [0.4, 0.5) is 0 Å². The van der Waals surface area contributed by atoms with Crippen LogP contribution in [-0.4, -0.2) is 29.3 Å². The zero-order valence-electron chi connectivity index (χ0n) is 15.6. The van der Waals surface area contributed by atoms with Crippen LogP contribution in [0, 0.1) is 18.3 Å². The summed E-state index contributed by atoms with van der Waals surface area (Å²) < 4.78 is 11.0. The minimum Gasteiger partial charge on any atom is -0.461 e. The van der Waals surface area contributed by atoms with Crippen LogP contribution in [-0.2, 0) is 14.3 Å². The highest BCUT2D eigenvalue weighted by atomic mass is 32.2. The molecule has 144 valence electrons. The monoisotopic (exact) mass is 407 g/mol. The number of hydrogen-bond donors (Lipinski definition) is 1. The summed E-state index contributed by atoms with van der Waals surface area (Å²) in [6, 6.07) is 5.46. The van der Waals surface area contributed by atoms with Gasteiger partial charge in [-0.1, -0.05) is 36.5 Å². The molecule has 0 radical (unpaired) electrons. The van der Waals surface area contributed by atoms with Gasteiger partial charge in [-0.2, -0.15) is 5.26 Å². The SMILES string of the molecule is CCC(=O)Oc1ccc(C)c2c1S/C(=C(\C#N)C(=O)OCCC(C)(C)O)S2. The third-order valence-electron chi connectivity index (χ3n) is 3.64. The molecule has 0 fully saturated rings. The van der Waals surface area contributed by atoms with E-state index in [1.54, 1.807) is 26.8 Å². The van der Waals surface area contributed by atoms with Crippen LogP contribution in [0.3, 0.4) is 0 Å². The molecule has 0 saturated heterocycles. The number of rotatable bonds is 6. The van der Waals surface area contributed by atoms with Crippen molar-refractivity contribution in [1.82, 2.24) is 0 Å². The lowest BCUT2D eigenvalue weighted by Crippen LogP contribution is -2.22. The molecule has 1 aromatic rings. The van der Waals surface area contributed by atoms with Gasteiger partial charge >= 0.3 is 11.9 Å². The zero-order chi connectivity index (χ0) is 20.2. The number of carbonyl (C=O) groups excluding carboxylic acids is 2. The van der Waals surface area contributed by atoms with E-state index >= 15 is 0 Å². The quantitative estimate of drug-likeness (QED) is 0.328. The molecule has 1 aromatic carbocycles. The zero-order valence-corrected chi connectivity index (χ0v) is 17.3. The standard InChI is InChI=1S/C19H21NO5S2/c1-5-14(21)25-13-7-6-11(2)15-16(13)27-18(26-15)12(10-20)17(22)24-9-8-19(3,4)23/h6-7,23H,5,8-9H2,1-4H3/b18-12+. The van der Waals surface area contributed by atoms with Crippen LogP contribution >= 0.6 is 23.5 Å². The van der Waals surface area contributed by atoms with E-state index in [2.05, 4.69) is 0 Å². The molecule has 0 aromatic heterocycles. The van der Waals surface area contributed by atoms with E-state index in [-0.39, 0.29) is 31.0 Å². The smallest absolute Gasteiger partial charge is 0.350 e. The molecule has 0 unspecified atom stereocenters. The second-order valence-corrected chi connectivity index (χ2v) is 8.84. The van der Waals surface area contributed by atoms with E-state index in [1.165, 1.54) is 23.5 Å². The van der Waals surface area contributed by atoms with Gasteiger partial charge in [0.1, 0.15) is 11.8 Å². The lowest BCUT2D eigenvalue weighted by Gasteiger charge is -2.16. The molecule has 1 aliphatic heterocycles. The largest absolute Gasteiger partial charge is 0.461 e. The Hall–Kier alpha value is -1.95. The first kappa shape index (κ1) is 21.4. The second kappa shape index (κ2) is 8.83. The normalized spacial score (nSPS) is 15.0. The predicted octanol–water partition coefficient (Wildman–Crippen LogP) is 3.95. The molecule has 0 amide bonds. The van der Waals surface area contributed by atoms with Gasteiger partial charge in [-0.15, -0.1) is 0 Å². The van der Waals surface area contributed by atoms with E-state index < -0.39 is 11.6 Å². The Bertz CT molecular complexity index is 834. The molecule has 6 nitrogen and oxygen atoms in total. The second-order valence-electron chi connectivity index (χ2n) is 6.54. The van der Waals surface area contributed by atoms with Crippen LogP contribution in [0.2, 0.25) is 0 Å². The number of fused-ring (bicyclic) bond motifs is 1. The van der Waals surface area contributed by atoms with Crippen LogP contribution in [0.5, 0.6) is 5.75 Å². The number of esters is 2. The molecule has 8 heteroatoms. The molecule has 0 bridgehead atoms. The summed E-state index contributed by atoms with van der Waals surface area (Å²) in [6.07, 6.45) is 0.518. The van der Waals surface area contributed by atoms with Gasteiger partial charge in [0.15, 0.2) is 5.57 Å². The fourth-order valence-electron chi connectivity index (χ4n) is 2.09. The highest BCUT2D eigenvalue weighted by Gasteiger charge is 2.30. The fourth-order valence-corrected chi connectivity index (χ4v) is 4.73. The van der Waals surface area contributed by atoms with Crippen LogP contribution in [0.25, 0.3) is 0 Å². The van der Waals surface area contributed by atoms with Crippen molar-refractivity contribution < 1.29 is 24.2 Å². The van der Waals surface area contributed by atoms with Gasteiger partial charge in [0.25, 0.3) is 0 Å². The first-order valence-corrected chi connectivity index (χ1v) is 10.0. The minimum absolute atomic E-state index is 0.0153. The molecule has 0 saturated carbocycles. The number of nitriles is 1. The van der Waals surface area contributed by atoms with Crippen molar-refractivity contribution in [3.63, 3.8) is 0 Å². The average molecular weight is 408 g/mol. The molecule has 2 rings (SSSR count). The summed E-state index contributed by atoms with van der Waals surface area (Å²) in [4.78, 5) is 25.5. The maximum atomic E-state index is 12.3. The summed E-state index contributed by atoms with van der Waals surface area (Å²) in [6.45, 7) is 6.87. The third-order valence-corrected chi connectivity index (χ3v) is 6.39. The summed E-state index contributed by atoms with van der Waals surface area (Å²) in [5.41, 5.74) is -0.0896. The number of nitrogens with zero attached hydrogens (tertiary/aromatic N) is 1. The molecule has 0 spiro atoms. The van der Waals surface area contributed by atoms with Crippen molar-refractivity contribution in [2.75, 3.05) is 6.61 Å². The number of aliphatic hydroxyl groups is 1. The third kappa shape index (κ3) is 5.51. The number of ether oxygens (including phenoxy) is 2.